The van der Waals surface area contributed by atoms with E-state index in [2.05, 4.69) is 14.9 Å². The third-order valence-electron chi connectivity index (χ3n) is 3.25. The normalized spacial score (nSPS) is 20.9. The van der Waals surface area contributed by atoms with Crippen molar-refractivity contribution in [1.82, 2.24) is 14.9 Å². The van der Waals surface area contributed by atoms with E-state index in [0.717, 1.165) is 43.1 Å². The van der Waals surface area contributed by atoms with Gasteiger partial charge in [-0.05, 0) is 39.3 Å². The van der Waals surface area contributed by atoms with Crippen LogP contribution in [0.2, 0.25) is 0 Å². The smallest absolute Gasteiger partial charge is 0.231 e. The van der Waals surface area contributed by atoms with E-state index in [9.17, 15) is 4.79 Å². The van der Waals surface area contributed by atoms with Crippen molar-refractivity contribution in [3.8, 4) is 0 Å². The standard InChI is InChI=1S/C13H20N4O/c1-9-6-10(2)16-13(15-9)11-4-3-5-17(7-11)8-12(14)18/h6,11H,3-5,7-8H2,1-2H3,(H2,14,18)/t11-/m1/s1. The van der Waals surface area contributed by atoms with Crippen molar-refractivity contribution < 1.29 is 4.79 Å². The molecule has 0 aromatic carbocycles. The second-order valence-electron chi connectivity index (χ2n) is 5.05. The molecule has 0 aliphatic carbocycles. The van der Waals surface area contributed by atoms with Gasteiger partial charge < -0.3 is 5.73 Å². The van der Waals surface area contributed by atoms with Gasteiger partial charge in [-0.3, -0.25) is 9.69 Å². The van der Waals surface area contributed by atoms with Crippen molar-refractivity contribution >= 4 is 5.91 Å². The van der Waals surface area contributed by atoms with Gasteiger partial charge in [0.05, 0.1) is 6.54 Å². The van der Waals surface area contributed by atoms with Gasteiger partial charge >= 0.3 is 0 Å². The van der Waals surface area contributed by atoms with Gasteiger partial charge in [-0.1, -0.05) is 0 Å². The molecular formula is C13H20N4O. The van der Waals surface area contributed by atoms with E-state index in [1.54, 1.807) is 0 Å². The summed E-state index contributed by atoms with van der Waals surface area (Å²) >= 11 is 0. The zero-order valence-electron chi connectivity index (χ0n) is 11.0. The molecule has 0 spiro atoms. The fourth-order valence-electron chi connectivity index (χ4n) is 2.57. The predicted molar refractivity (Wildman–Crippen MR) is 69.1 cm³/mol. The van der Waals surface area contributed by atoms with Crippen LogP contribution in [-0.2, 0) is 4.79 Å². The average molecular weight is 248 g/mol. The number of nitrogens with zero attached hydrogens (tertiary/aromatic N) is 3. The monoisotopic (exact) mass is 248 g/mol. The minimum Gasteiger partial charge on any atom is -0.369 e. The molecule has 1 saturated heterocycles. The van der Waals surface area contributed by atoms with Crippen LogP contribution in [0.1, 0.15) is 36.0 Å². The topological polar surface area (TPSA) is 72.1 Å². The van der Waals surface area contributed by atoms with Crippen LogP contribution in [0.15, 0.2) is 6.07 Å². The maximum atomic E-state index is 11.0. The predicted octanol–water partition coefficient (Wildman–Crippen LogP) is 0.758. The maximum Gasteiger partial charge on any atom is 0.231 e. The molecule has 5 nitrogen and oxygen atoms in total. The molecule has 0 bridgehead atoms. The SMILES string of the molecule is Cc1cc(C)nc([C@@H]2CCCN(CC(N)=O)C2)n1. The molecule has 98 valence electrons. The first-order chi connectivity index (χ1) is 8.54. The summed E-state index contributed by atoms with van der Waals surface area (Å²) in [5.41, 5.74) is 7.25. The van der Waals surface area contributed by atoms with Crippen molar-refractivity contribution in [3.05, 3.63) is 23.3 Å². The lowest BCUT2D eigenvalue weighted by Gasteiger charge is -2.31. The van der Waals surface area contributed by atoms with Gasteiger partial charge in [-0.25, -0.2) is 9.97 Å². The molecule has 1 atom stereocenters. The van der Waals surface area contributed by atoms with Gasteiger partial charge in [-0.15, -0.1) is 0 Å². The third-order valence-corrected chi connectivity index (χ3v) is 3.25. The number of aromatic nitrogens is 2. The van der Waals surface area contributed by atoms with Crippen LogP contribution in [0.3, 0.4) is 0 Å². The fraction of sp³-hybridized carbons (Fsp3) is 0.615. The van der Waals surface area contributed by atoms with Crippen LogP contribution >= 0.6 is 0 Å². The van der Waals surface area contributed by atoms with Gasteiger partial charge in [0.1, 0.15) is 5.82 Å². The molecule has 5 heteroatoms. The molecule has 2 rings (SSSR count). The molecule has 1 aromatic rings. The Balaban J connectivity index is 2.10. The number of nitrogens with two attached hydrogens (primary N) is 1. The second kappa shape index (κ2) is 5.44. The van der Waals surface area contributed by atoms with Gasteiger partial charge in [0.25, 0.3) is 0 Å². The van der Waals surface area contributed by atoms with Gasteiger partial charge in [0, 0.05) is 23.9 Å². The number of carbonyl (C=O) groups is 1. The van der Waals surface area contributed by atoms with Crippen molar-refractivity contribution in [2.75, 3.05) is 19.6 Å². The Morgan fingerprint density at radius 1 is 1.44 bits per heavy atom. The average Bonchev–Trinajstić information content (AvgIpc) is 2.27. The highest BCUT2D eigenvalue weighted by Crippen LogP contribution is 2.24. The first-order valence-electron chi connectivity index (χ1n) is 6.37. The molecule has 1 aliphatic heterocycles. The Kier molecular flexibility index (Phi) is 3.91. The highest BCUT2D eigenvalue weighted by molar-refractivity contribution is 5.75. The fourth-order valence-corrected chi connectivity index (χ4v) is 2.57. The van der Waals surface area contributed by atoms with Gasteiger partial charge in [0.15, 0.2) is 0 Å². The zero-order chi connectivity index (χ0) is 13.1. The lowest BCUT2D eigenvalue weighted by molar-refractivity contribution is -0.119. The van der Waals surface area contributed by atoms with Crippen LogP contribution in [-0.4, -0.2) is 40.4 Å². The summed E-state index contributed by atoms with van der Waals surface area (Å²) in [4.78, 5) is 22.1. The molecule has 1 aliphatic rings. The molecule has 0 saturated carbocycles. The Labute approximate surface area is 107 Å². The summed E-state index contributed by atoms with van der Waals surface area (Å²) < 4.78 is 0. The summed E-state index contributed by atoms with van der Waals surface area (Å²) in [6, 6.07) is 1.98. The van der Waals surface area contributed by atoms with Crippen LogP contribution in [0.25, 0.3) is 0 Å². The number of hydrogen-bond acceptors (Lipinski definition) is 4. The largest absolute Gasteiger partial charge is 0.369 e. The summed E-state index contributed by atoms with van der Waals surface area (Å²) in [6.45, 7) is 6.07. The van der Waals surface area contributed by atoms with Crippen molar-refractivity contribution in [2.45, 2.75) is 32.6 Å². The molecule has 18 heavy (non-hydrogen) atoms. The number of carbonyl (C=O) groups excluding carboxylic acids is 1. The van der Waals surface area contributed by atoms with Gasteiger partial charge in [0.2, 0.25) is 5.91 Å². The summed E-state index contributed by atoms with van der Waals surface area (Å²) in [5, 5.41) is 0. The summed E-state index contributed by atoms with van der Waals surface area (Å²) in [5.74, 6) is 0.954. The number of amides is 1. The Hall–Kier alpha value is -1.49. The van der Waals surface area contributed by atoms with Gasteiger partial charge in [-0.2, -0.15) is 0 Å². The first kappa shape index (κ1) is 13.0. The van der Waals surface area contributed by atoms with Crippen LogP contribution in [0.5, 0.6) is 0 Å². The highest BCUT2D eigenvalue weighted by Gasteiger charge is 2.24. The molecule has 0 unspecified atom stereocenters. The maximum absolute atomic E-state index is 11.0. The Morgan fingerprint density at radius 3 is 2.72 bits per heavy atom. The van der Waals surface area contributed by atoms with E-state index < -0.39 is 0 Å². The number of likely N-dealkylation sites (tertiary alicyclic amines) is 1. The first-order valence-corrected chi connectivity index (χ1v) is 6.37. The van der Waals surface area contributed by atoms with Crippen molar-refractivity contribution in [3.63, 3.8) is 0 Å². The zero-order valence-corrected chi connectivity index (χ0v) is 11.0. The lowest BCUT2D eigenvalue weighted by atomic mass is 9.97. The number of piperidine rings is 1. The quantitative estimate of drug-likeness (QED) is 0.857. The molecule has 1 fully saturated rings. The molecule has 2 N–H and O–H groups in total. The number of primary amides is 1. The lowest BCUT2D eigenvalue weighted by Crippen LogP contribution is -2.40. The number of aryl methyl sites for hydroxylation is 2. The Bertz CT molecular complexity index is 426. The molecular weight excluding hydrogens is 228 g/mol. The minimum atomic E-state index is -0.267. The van der Waals surface area contributed by atoms with Crippen LogP contribution < -0.4 is 5.73 Å². The molecule has 2 heterocycles. The summed E-state index contributed by atoms with van der Waals surface area (Å²) in [7, 11) is 0. The van der Waals surface area contributed by atoms with Crippen LogP contribution in [0, 0.1) is 13.8 Å². The highest BCUT2D eigenvalue weighted by atomic mass is 16.1. The summed E-state index contributed by atoms with van der Waals surface area (Å²) in [6.07, 6.45) is 2.15. The van der Waals surface area contributed by atoms with E-state index in [1.807, 2.05) is 19.9 Å². The van der Waals surface area contributed by atoms with Crippen LogP contribution in [0.4, 0.5) is 0 Å². The number of hydrogen-bond donors (Lipinski definition) is 1. The van der Waals surface area contributed by atoms with E-state index in [0.29, 0.717) is 12.5 Å². The molecule has 1 amide bonds. The van der Waals surface area contributed by atoms with Crippen molar-refractivity contribution in [2.24, 2.45) is 5.73 Å². The third kappa shape index (κ3) is 3.26. The second-order valence-corrected chi connectivity index (χ2v) is 5.05. The molecule has 1 aromatic heterocycles. The van der Waals surface area contributed by atoms with E-state index in [1.165, 1.54) is 0 Å². The van der Waals surface area contributed by atoms with E-state index >= 15 is 0 Å². The minimum absolute atomic E-state index is 0.267. The van der Waals surface area contributed by atoms with Crippen molar-refractivity contribution in [1.29, 1.82) is 0 Å². The Morgan fingerprint density at radius 2 is 2.11 bits per heavy atom. The van der Waals surface area contributed by atoms with E-state index in [-0.39, 0.29) is 5.91 Å². The number of rotatable bonds is 3. The molecule has 0 radical (unpaired) electrons. The van der Waals surface area contributed by atoms with E-state index in [4.69, 9.17) is 5.73 Å².